The highest BCUT2D eigenvalue weighted by Gasteiger charge is 2.17. The van der Waals surface area contributed by atoms with Crippen molar-refractivity contribution in [1.29, 1.82) is 0 Å². The number of pyridine rings is 2. The minimum Gasteiger partial charge on any atom is -0.405 e. The van der Waals surface area contributed by atoms with Crippen LogP contribution in [0.15, 0.2) is 67.1 Å². The molecule has 0 saturated carbocycles. The second kappa shape index (κ2) is 6.44. The molecule has 0 aliphatic rings. The fourth-order valence-electron chi connectivity index (χ4n) is 2.80. The zero-order chi connectivity index (χ0) is 16.2. The van der Waals surface area contributed by atoms with Crippen molar-refractivity contribution in [1.82, 2.24) is 4.98 Å². The summed E-state index contributed by atoms with van der Waals surface area (Å²) in [5.41, 5.74) is 12.3. The Hall–Kier alpha value is -2.94. The van der Waals surface area contributed by atoms with Crippen LogP contribution in [0.1, 0.15) is 11.3 Å². The number of hydrogen-bond donors (Lipinski definition) is 1. The highest BCUT2D eigenvalue weighted by atomic mass is 14.9. The maximum atomic E-state index is 5.49. The number of rotatable bonds is 3. The van der Waals surface area contributed by atoms with E-state index in [1.54, 1.807) is 6.08 Å². The van der Waals surface area contributed by atoms with E-state index < -0.39 is 0 Å². The molecule has 0 aliphatic heterocycles. The van der Waals surface area contributed by atoms with Crippen LogP contribution in [-0.2, 0) is 7.05 Å². The summed E-state index contributed by atoms with van der Waals surface area (Å²) in [5, 5.41) is 0. The van der Waals surface area contributed by atoms with Crippen LogP contribution in [0.3, 0.4) is 0 Å². The second-order valence-electron chi connectivity index (χ2n) is 5.58. The molecule has 0 atom stereocenters. The van der Waals surface area contributed by atoms with Gasteiger partial charge in [-0.2, -0.15) is 0 Å². The monoisotopic (exact) mass is 302 g/mol. The van der Waals surface area contributed by atoms with Crippen LogP contribution in [0.4, 0.5) is 0 Å². The minimum atomic E-state index is 0.853. The molecule has 0 amide bonds. The minimum absolute atomic E-state index is 0.853. The van der Waals surface area contributed by atoms with Crippen molar-refractivity contribution < 1.29 is 4.57 Å². The third-order valence-electron chi connectivity index (χ3n) is 3.83. The van der Waals surface area contributed by atoms with E-state index in [4.69, 9.17) is 5.73 Å². The van der Waals surface area contributed by atoms with Gasteiger partial charge in [0.25, 0.3) is 0 Å². The Morgan fingerprint density at radius 3 is 2.70 bits per heavy atom. The van der Waals surface area contributed by atoms with Gasteiger partial charge in [-0.05, 0) is 55.1 Å². The molecule has 0 saturated heterocycles. The van der Waals surface area contributed by atoms with E-state index in [0.29, 0.717) is 0 Å². The number of nitrogens with two attached hydrogens (primary N) is 1. The first-order valence-electron chi connectivity index (χ1n) is 7.59. The van der Waals surface area contributed by atoms with Gasteiger partial charge in [0, 0.05) is 17.8 Å². The van der Waals surface area contributed by atoms with Crippen LogP contribution in [0.5, 0.6) is 0 Å². The third kappa shape index (κ3) is 3.14. The maximum absolute atomic E-state index is 5.49. The maximum Gasteiger partial charge on any atom is 0.220 e. The molecule has 3 rings (SSSR count). The highest BCUT2D eigenvalue weighted by molar-refractivity contribution is 5.79. The number of hydrogen-bond acceptors (Lipinski definition) is 2. The van der Waals surface area contributed by atoms with Crippen molar-refractivity contribution in [2.45, 2.75) is 6.92 Å². The lowest BCUT2D eigenvalue weighted by Gasteiger charge is -2.09. The zero-order valence-electron chi connectivity index (χ0n) is 13.4. The quantitative estimate of drug-likeness (QED) is 0.753. The van der Waals surface area contributed by atoms with Crippen LogP contribution < -0.4 is 10.3 Å². The predicted molar refractivity (Wildman–Crippen MR) is 94.2 cm³/mol. The van der Waals surface area contributed by atoms with Crippen molar-refractivity contribution in [3.05, 3.63) is 78.4 Å². The fraction of sp³-hybridized carbons (Fsp3) is 0.100. The summed E-state index contributed by atoms with van der Waals surface area (Å²) in [7, 11) is 2.07. The van der Waals surface area contributed by atoms with Crippen molar-refractivity contribution in [3.63, 3.8) is 0 Å². The molecule has 2 N–H and O–H groups in total. The van der Waals surface area contributed by atoms with Gasteiger partial charge in [-0.15, -0.1) is 0 Å². The second-order valence-corrected chi connectivity index (χ2v) is 5.58. The molecule has 114 valence electrons. The van der Waals surface area contributed by atoms with Gasteiger partial charge in [-0.25, -0.2) is 4.57 Å². The Kier molecular flexibility index (Phi) is 4.20. The van der Waals surface area contributed by atoms with Crippen LogP contribution >= 0.6 is 0 Å². The molecule has 0 fully saturated rings. The summed E-state index contributed by atoms with van der Waals surface area (Å²) in [4.78, 5) is 4.32. The lowest BCUT2D eigenvalue weighted by Crippen LogP contribution is -2.30. The normalized spacial score (nSPS) is 11.0. The highest BCUT2D eigenvalue weighted by Crippen LogP contribution is 2.29. The lowest BCUT2D eigenvalue weighted by atomic mass is 9.98. The molecule has 3 heteroatoms. The summed E-state index contributed by atoms with van der Waals surface area (Å²) in [6, 6.07) is 16.9. The Morgan fingerprint density at radius 1 is 1.04 bits per heavy atom. The number of aryl methyl sites for hydroxylation is 2. The largest absolute Gasteiger partial charge is 0.405 e. The van der Waals surface area contributed by atoms with E-state index in [1.807, 2.05) is 12.3 Å². The van der Waals surface area contributed by atoms with E-state index in [-0.39, 0.29) is 0 Å². The average Bonchev–Trinajstić information content (AvgIpc) is 2.55. The molecule has 0 unspecified atom stereocenters. The summed E-state index contributed by atoms with van der Waals surface area (Å²) >= 11 is 0. The van der Waals surface area contributed by atoms with E-state index in [0.717, 1.165) is 11.3 Å². The van der Waals surface area contributed by atoms with E-state index >= 15 is 0 Å². The lowest BCUT2D eigenvalue weighted by molar-refractivity contribution is -0.660. The molecule has 3 aromatic rings. The molecule has 2 aromatic heterocycles. The Morgan fingerprint density at radius 2 is 1.91 bits per heavy atom. The molecular weight excluding hydrogens is 282 g/mol. The summed E-state index contributed by atoms with van der Waals surface area (Å²) in [6.07, 6.45) is 7.21. The van der Waals surface area contributed by atoms with E-state index in [9.17, 15) is 0 Å². The van der Waals surface area contributed by atoms with Crippen LogP contribution in [-0.4, -0.2) is 4.98 Å². The molecule has 23 heavy (non-hydrogen) atoms. The van der Waals surface area contributed by atoms with Crippen molar-refractivity contribution in [2.75, 3.05) is 0 Å². The van der Waals surface area contributed by atoms with Gasteiger partial charge < -0.3 is 5.73 Å². The van der Waals surface area contributed by atoms with Crippen molar-refractivity contribution in [3.8, 4) is 22.4 Å². The Labute approximate surface area is 136 Å². The van der Waals surface area contributed by atoms with Crippen molar-refractivity contribution >= 4 is 6.08 Å². The van der Waals surface area contributed by atoms with E-state index in [1.165, 1.54) is 28.6 Å². The molecule has 2 heterocycles. The smallest absolute Gasteiger partial charge is 0.220 e. The fourth-order valence-corrected chi connectivity index (χ4v) is 2.80. The van der Waals surface area contributed by atoms with Gasteiger partial charge >= 0.3 is 0 Å². The Bertz CT molecular complexity index is 866. The molecule has 3 nitrogen and oxygen atoms in total. The van der Waals surface area contributed by atoms with Gasteiger partial charge in [0.05, 0.1) is 11.3 Å². The first kappa shape index (κ1) is 15.0. The van der Waals surface area contributed by atoms with Gasteiger partial charge in [0.1, 0.15) is 7.05 Å². The average molecular weight is 302 g/mol. The topological polar surface area (TPSA) is 42.8 Å². The number of aromatic nitrogens is 2. The SMILES string of the molecule is Cc1cccc(-c2c(-c3ccnc(C=CN)c3)ccc[n+]2C)c1. The number of benzene rings is 1. The molecule has 1 aromatic carbocycles. The molecule has 0 bridgehead atoms. The molecule has 0 radical (unpaired) electrons. The van der Waals surface area contributed by atoms with Gasteiger partial charge in [0.2, 0.25) is 5.69 Å². The van der Waals surface area contributed by atoms with Gasteiger partial charge in [0.15, 0.2) is 6.20 Å². The molecule has 0 spiro atoms. The summed E-state index contributed by atoms with van der Waals surface area (Å²) in [6.45, 7) is 2.11. The first-order chi connectivity index (χ1) is 11.2. The van der Waals surface area contributed by atoms with Crippen LogP contribution in [0.25, 0.3) is 28.5 Å². The van der Waals surface area contributed by atoms with E-state index in [2.05, 4.69) is 72.2 Å². The van der Waals surface area contributed by atoms with Crippen LogP contribution in [0.2, 0.25) is 0 Å². The predicted octanol–water partition coefficient (Wildman–Crippen LogP) is 3.48. The molecular formula is C20H20N3+. The summed E-state index contributed by atoms with van der Waals surface area (Å²) < 4.78 is 2.16. The molecule has 0 aliphatic carbocycles. The zero-order valence-corrected chi connectivity index (χ0v) is 13.4. The van der Waals surface area contributed by atoms with Gasteiger partial charge in [-0.1, -0.05) is 17.7 Å². The Balaban J connectivity index is 2.21. The van der Waals surface area contributed by atoms with Gasteiger partial charge in [-0.3, -0.25) is 4.98 Å². The standard InChI is InChI=1S/C20H20N3/c1-15-5-3-6-17(13-15)20-19(7-4-12-23(20)2)16-9-11-22-18(14-16)8-10-21/h3-14H,21H2,1-2H3/q+1. The van der Waals surface area contributed by atoms with Crippen LogP contribution in [0, 0.1) is 6.92 Å². The first-order valence-corrected chi connectivity index (χ1v) is 7.59. The third-order valence-corrected chi connectivity index (χ3v) is 3.83. The number of nitrogens with zero attached hydrogens (tertiary/aromatic N) is 2. The van der Waals surface area contributed by atoms with Crippen molar-refractivity contribution in [2.24, 2.45) is 12.8 Å². The summed E-state index contributed by atoms with van der Waals surface area (Å²) in [5.74, 6) is 0.